The Balaban J connectivity index is 1.96. The highest BCUT2D eigenvalue weighted by Gasteiger charge is 2.28. The summed E-state index contributed by atoms with van der Waals surface area (Å²) in [5, 5.41) is 3.18. The van der Waals surface area contributed by atoms with Crippen LogP contribution in [-0.2, 0) is 0 Å². The minimum absolute atomic E-state index is 0.600. The summed E-state index contributed by atoms with van der Waals surface area (Å²) in [6.07, 6.45) is 7.16. The van der Waals surface area contributed by atoms with Crippen LogP contribution in [0.2, 0.25) is 5.54 Å². The highest BCUT2D eigenvalue weighted by Crippen LogP contribution is 2.31. The monoisotopic (exact) mass is 265 g/mol. The standard InChI is InChI=1S/C18H21Si/c1-4-10-16(11-5-1)19(17-12-6-2-7-13-17)18-14-8-3-9-15-18/h1-2,4-7,10-13,18H,3,8-9,14-15H2. The lowest BCUT2D eigenvalue weighted by Crippen LogP contribution is -2.46. The molecule has 0 aromatic heterocycles. The van der Waals surface area contributed by atoms with E-state index in [0.717, 1.165) is 5.54 Å². The van der Waals surface area contributed by atoms with E-state index in [0.29, 0.717) is 0 Å². The largest absolute Gasteiger partial charge is 0.124 e. The maximum atomic E-state index is 2.34. The molecule has 0 bridgehead atoms. The number of rotatable bonds is 3. The average Bonchev–Trinajstić information content (AvgIpc) is 2.51. The van der Waals surface area contributed by atoms with Crippen LogP contribution in [0.5, 0.6) is 0 Å². The molecule has 0 spiro atoms. The van der Waals surface area contributed by atoms with Crippen molar-refractivity contribution in [3.05, 3.63) is 60.7 Å². The van der Waals surface area contributed by atoms with Crippen molar-refractivity contribution >= 4 is 19.2 Å². The molecule has 3 rings (SSSR count). The van der Waals surface area contributed by atoms with Crippen molar-refractivity contribution in [2.24, 2.45) is 0 Å². The Kier molecular flexibility index (Phi) is 4.14. The molecule has 2 aromatic carbocycles. The molecule has 0 unspecified atom stereocenters. The molecule has 1 saturated carbocycles. The second kappa shape index (κ2) is 6.20. The van der Waals surface area contributed by atoms with E-state index in [-0.39, 0.29) is 0 Å². The van der Waals surface area contributed by atoms with E-state index < -0.39 is 8.80 Å². The van der Waals surface area contributed by atoms with Crippen molar-refractivity contribution < 1.29 is 0 Å². The number of benzene rings is 2. The molecule has 1 aliphatic carbocycles. The fourth-order valence-corrected chi connectivity index (χ4v) is 6.63. The molecule has 0 saturated heterocycles. The van der Waals surface area contributed by atoms with Gasteiger partial charge in [0, 0.05) is 0 Å². The maximum Gasteiger partial charge on any atom is 0.124 e. The van der Waals surface area contributed by atoms with E-state index in [2.05, 4.69) is 60.7 Å². The van der Waals surface area contributed by atoms with Gasteiger partial charge in [-0.05, 0) is 5.54 Å². The zero-order valence-electron chi connectivity index (χ0n) is 11.4. The van der Waals surface area contributed by atoms with Crippen molar-refractivity contribution in [1.82, 2.24) is 0 Å². The summed E-state index contributed by atoms with van der Waals surface area (Å²) in [6, 6.07) is 22.4. The molecule has 0 atom stereocenters. The van der Waals surface area contributed by atoms with Gasteiger partial charge in [0.1, 0.15) is 8.80 Å². The van der Waals surface area contributed by atoms with Gasteiger partial charge >= 0.3 is 0 Å². The van der Waals surface area contributed by atoms with Crippen LogP contribution in [-0.4, -0.2) is 8.80 Å². The molecule has 1 fully saturated rings. The number of hydrogen-bond donors (Lipinski definition) is 0. The van der Waals surface area contributed by atoms with E-state index in [1.165, 1.54) is 32.1 Å². The van der Waals surface area contributed by atoms with Crippen molar-refractivity contribution in [2.45, 2.75) is 37.6 Å². The molecule has 0 nitrogen and oxygen atoms in total. The fraction of sp³-hybridized carbons (Fsp3) is 0.333. The van der Waals surface area contributed by atoms with Crippen LogP contribution in [0.1, 0.15) is 32.1 Å². The summed E-state index contributed by atoms with van der Waals surface area (Å²) < 4.78 is 0. The van der Waals surface area contributed by atoms with Gasteiger partial charge in [-0.2, -0.15) is 0 Å². The van der Waals surface area contributed by atoms with Crippen LogP contribution in [0, 0.1) is 0 Å². The van der Waals surface area contributed by atoms with Crippen LogP contribution in [0.15, 0.2) is 60.7 Å². The molecule has 0 heterocycles. The van der Waals surface area contributed by atoms with Crippen LogP contribution >= 0.6 is 0 Å². The third kappa shape index (κ3) is 2.98. The van der Waals surface area contributed by atoms with Gasteiger partial charge in [0.25, 0.3) is 0 Å². The van der Waals surface area contributed by atoms with Gasteiger partial charge in [-0.1, -0.05) is 103 Å². The summed E-state index contributed by atoms with van der Waals surface area (Å²) in [5.74, 6) is 0. The predicted octanol–water partition coefficient (Wildman–Crippen LogP) is 3.63. The summed E-state index contributed by atoms with van der Waals surface area (Å²) >= 11 is 0. The first kappa shape index (κ1) is 12.7. The lowest BCUT2D eigenvalue weighted by molar-refractivity contribution is 0.499. The Bertz CT molecular complexity index is 446. The lowest BCUT2D eigenvalue weighted by Gasteiger charge is -2.29. The zero-order chi connectivity index (χ0) is 12.9. The molecular formula is C18H21Si. The zero-order valence-corrected chi connectivity index (χ0v) is 12.4. The van der Waals surface area contributed by atoms with Crippen molar-refractivity contribution in [1.29, 1.82) is 0 Å². The maximum absolute atomic E-state index is 2.34. The Hall–Kier alpha value is -1.34. The first-order valence-corrected chi connectivity index (χ1v) is 9.00. The smallest absolute Gasteiger partial charge is 0.0628 e. The Labute approximate surface area is 118 Å². The second-order valence-corrected chi connectivity index (χ2v) is 8.28. The van der Waals surface area contributed by atoms with E-state index in [9.17, 15) is 0 Å². The average molecular weight is 265 g/mol. The van der Waals surface area contributed by atoms with Gasteiger partial charge in [-0.3, -0.25) is 0 Å². The highest BCUT2D eigenvalue weighted by molar-refractivity contribution is 6.86. The van der Waals surface area contributed by atoms with Gasteiger partial charge in [0.15, 0.2) is 0 Å². The van der Waals surface area contributed by atoms with Crippen LogP contribution in [0.4, 0.5) is 0 Å². The summed E-state index contributed by atoms with van der Waals surface area (Å²) in [5.41, 5.74) is 0.920. The van der Waals surface area contributed by atoms with Crippen LogP contribution < -0.4 is 10.4 Å². The molecular weight excluding hydrogens is 244 g/mol. The van der Waals surface area contributed by atoms with Crippen molar-refractivity contribution in [3.8, 4) is 0 Å². The Morgan fingerprint density at radius 3 is 1.58 bits per heavy atom. The van der Waals surface area contributed by atoms with Gasteiger partial charge in [0.2, 0.25) is 0 Å². The topological polar surface area (TPSA) is 0 Å². The minimum Gasteiger partial charge on any atom is -0.0628 e. The molecule has 97 valence electrons. The van der Waals surface area contributed by atoms with Crippen molar-refractivity contribution in [2.75, 3.05) is 0 Å². The molecule has 19 heavy (non-hydrogen) atoms. The highest BCUT2D eigenvalue weighted by atomic mass is 28.3. The van der Waals surface area contributed by atoms with Crippen LogP contribution in [0.25, 0.3) is 0 Å². The molecule has 1 aliphatic rings. The third-order valence-electron chi connectivity index (χ3n) is 4.18. The SMILES string of the molecule is c1ccc([Si](c2ccccc2)C2CCCCC2)cc1. The van der Waals surface area contributed by atoms with E-state index in [1.807, 2.05) is 0 Å². The second-order valence-electron chi connectivity index (χ2n) is 5.48. The van der Waals surface area contributed by atoms with E-state index >= 15 is 0 Å². The number of hydrogen-bond acceptors (Lipinski definition) is 0. The van der Waals surface area contributed by atoms with Gasteiger partial charge < -0.3 is 0 Å². The first-order valence-electron chi connectivity index (χ1n) is 7.43. The Morgan fingerprint density at radius 2 is 1.11 bits per heavy atom. The summed E-state index contributed by atoms with van der Waals surface area (Å²) in [4.78, 5) is 0. The quantitative estimate of drug-likeness (QED) is 0.744. The van der Waals surface area contributed by atoms with E-state index in [4.69, 9.17) is 0 Å². The van der Waals surface area contributed by atoms with Crippen molar-refractivity contribution in [3.63, 3.8) is 0 Å². The normalized spacial score (nSPS) is 16.7. The predicted molar refractivity (Wildman–Crippen MR) is 84.7 cm³/mol. The third-order valence-corrected chi connectivity index (χ3v) is 7.49. The molecule has 0 amide bonds. The molecule has 0 N–H and O–H groups in total. The summed E-state index contributed by atoms with van der Waals surface area (Å²) in [6.45, 7) is 0. The van der Waals surface area contributed by atoms with E-state index in [1.54, 1.807) is 10.4 Å². The molecule has 0 aliphatic heterocycles. The minimum atomic E-state index is -0.600. The Morgan fingerprint density at radius 1 is 0.632 bits per heavy atom. The lowest BCUT2D eigenvalue weighted by atomic mass is 10.0. The molecule has 1 radical (unpaired) electrons. The van der Waals surface area contributed by atoms with Crippen LogP contribution in [0.3, 0.4) is 0 Å². The van der Waals surface area contributed by atoms with Gasteiger partial charge in [-0.15, -0.1) is 0 Å². The first-order chi connectivity index (χ1) is 9.45. The molecule has 2 aromatic rings. The van der Waals surface area contributed by atoms with Gasteiger partial charge in [0.05, 0.1) is 0 Å². The fourth-order valence-electron chi connectivity index (χ4n) is 3.26. The van der Waals surface area contributed by atoms with Gasteiger partial charge in [-0.25, -0.2) is 0 Å². The summed E-state index contributed by atoms with van der Waals surface area (Å²) in [7, 11) is -0.600. The molecule has 1 heteroatoms.